The number of halogens is 1. The second-order valence-electron chi connectivity index (χ2n) is 23.1. The molecule has 0 aliphatic carbocycles. The molecule has 37 nitrogen and oxygen atoms in total. The lowest BCUT2D eigenvalue weighted by molar-refractivity contribution is -0.141. The highest BCUT2D eigenvalue weighted by Crippen LogP contribution is 2.24. The number of nitrogens with one attached hydrogen (secondary N) is 12. The van der Waals surface area contributed by atoms with Crippen LogP contribution >= 0.6 is 33.3 Å². The number of carboxylic acid groups (broad SMARTS) is 1. The molecule has 0 spiro atoms. The van der Waals surface area contributed by atoms with E-state index in [0.29, 0.717) is 50.8 Å². The fourth-order valence-corrected chi connectivity index (χ4v) is 12.5. The molecule has 2 aromatic rings. The van der Waals surface area contributed by atoms with Crippen LogP contribution in [-0.2, 0) is 102 Å². The van der Waals surface area contributed by atoms with Gasteiger partial charge in [0.25, 0.3) is 5.91 Å². The van der Waals surface area contributed by atoms with E-state index in [1.807, 2.05) is 0 Å². The Morgan fingerprint density at radius 1 is 0.557 bits per heavy atom. The van der Waals surface area contributed by atoms with Crippen molar-refractivity contribution in [2.24, 2.45) is 21.6 Å². The molecule has 17 N–H and O–H groups in total. The summed E-state index contributed by atoms with van der Waals surface area (Å²) in [5.74, 6) is -12.8. The van der Waals surface area contributed by atoms with Gasteiger partial charge in [0.15, 0.2) is 12.6 Å². The lowest BCUT2D eigenvalue weighted by Gasteiger charge is -2.27. The van der Waals surface area contributed by atoms with Crippen LogP contribution in [0.15, 0.2) is 64.7 Å². The van der Waals surface area contributed by atoms with E-state index in [-0.39, 0.29) is 145 Å². The molecule has 2 aliphatic rings. The smallest absolute Gasteiger partial charge is 0.305 e. The van der Waals surface area contributed by atoms with Crippen LogP contribution in [-0.4, -0.2) is 285 Å². The van der Waals surface area contributed by atoms with Crippen molar-refractivity contribution in [2.75, 3.05) is 148 Å². The van der Waals surface area contributed by atoms with Gasteiger partial charge in [-0.15, -0.1) is 11.8 Å². The Bertz CT molecular complexity index is 3170. The number of likely N-dealkylation sites (N-methyl/N-ethyl adjacent to an activating group) is 1. The van der Waals surface area contributed by atoms with E-state index >= 15 is 0 Å². The molecule has 0 aromatic heterocycles. The number of ether oxygens (including phenoxy) is 6. The molecule has 12 amide bonds. The number of oxime groups is 1. The van der Waals surface area contributed by atoms with Crippen LogP contribution in [0.4, 0.5) is 4.39 Å². The molecule has 2 aliphatic heterocycles. The van der Waals surface area contributed by atoms with Crippen molar-refractivity contribution in [3.8, 4) is 0 Å². The molecular weight excluding hydrogens is 1460 g/mol. The first-order chi connectivity index (χ1) is 51.1. The van der Waals surface area contributed by atoms with Crippen molar-refractivity contribution in [1.82, 2.24) is 63.8 Å². The molecule has 0 saturated carbocycles. The number of carbonyl (C=O) groups is 13. The summed E-state index contributed by atoms with van der Waals surface area (Å²) < 4.78 is 45.6. The van der Waals surface area contributed by atoms with Gasteiger partial charge in [-0.05, 0) is 62.3 Å². The number of unbranched alkanes of at least 4 members (excludes halogenated alkanes) is 1. The van der Waals surface area contributed by atoms with Crippen LogP contribution in [0.25, 0.3) is 0 Å². The van der Waals surface area contributed by atoms with Gasteiger partial charge in [-0.3, -0.25) is 67.3 Å². The van der Waals surface area contributed by atoms with Crippen molar-refractivity contribution in [3.05, 3.63) is 71.5 Å². The highest BCUT2D eigenvalue weighted by molar-refractivity contribution is 8.76. The van der Waals surface area contributed by atoms with Gasteiger partial charge in [0, 0.05) is 56.4 Å². The lowest BCUT2D eigenvalue weighted by atomic mass is 10.0. The summed E-state index contributed by atoms with van der Waals surface area (Å²) in [5.41, 5.74) is 12.2. The number of hydrogen-bond acceptors (Lipinski definition) is 25. The molecule has 7 atom stereocenters. The van der Waals surface area contributed by atoms with Crippen LogP contribution in [0.3, 0.4) is 0 Å². The summed E-state index contributed by atoms with van der Waals surface area (Å²) in [6.07, 6.45) is 0.591. The van der Waals surface area contributed by atoms with E-state index in [0.717, 1.165) is 33.3 Å². The van der Waals surface area contributed by atoms with Crippen molar-refractivity contribution in [1.29, 1.82) is 0 Å². The fraction of sp³-hybridized carbons (Fsp3) is 0.585. The Hall–Kier alpha value is -8.97. The zero-order chi connectivity index (χ0) is 77.1. The first kappa shape index (κ1) is 89.4. The number of amides is 12. The molecule has 0 radical (unpaired) electrons. The Kier molecular flexibility index (Phi) is 45.3. The van der Waals surface area contributed by atoms with Gasteiger partial charge in [0.2, 0.25) is 65.0 Å². The van der Waals surface area contributed by atoms with Crippen LogP contribution in [0.5, 0.6) is 0 Å². The quantitative estimate of drug-likeness (QED) is 0.00979. The highest BCUT2D eigenvalue weighted by Gasteiger charge is 2.35. The largest absolute Gasteiger partial charge is 0.481 e. The van der Waals surface area contributed by atoms with Crippen molar-refractivity contribution in [3.63, 3.8) is 0 Å². The highest BCUT2D eigenvalue weighted by atomic mass is 33.1. The number of guanidine groups is 1. The minimum absolute atomic E-state index is 0.00193. The van der Waals surface area contributed by atoms with E-state index in [1.54, 1.807) is 37.3 Å². The number of benzene rings is 2. The molecule has 2 saturated heterocycles. The van der Waals surface area contributed by atoms with Crippen LogP contribution in [0.2, 0.25) is 0 Å². The Labute approximate surface area is 623 Å². The molecule has 0 unspecified atom stereocenters. The maximum absolute atomic E-state index is 14.5. The second-order valence-corrected chi connectivity index (χ2v) is 26.7. The number of aliphatic imine (C=N–C) groups is 1. The average Bonchev–Trinajstić information content (AvgIpc) is 1.13. The normalized spacial score (nSPS) is 19.7. The third kappa shape index (κ3) is 40.5. The van der Waals surface area contributed by atoms with E-state index < -0.39 is 139 Å². The molecule has 2 aromatic carbocycles. The monoisotopic (exact) mass is 1550 g/mol. The zero-order valence-corrected chi connectivity index (χ0v) is 61.2. The van der Waals surface area contributed by atoms with E-state index in [1.165, 1.54) is 30.5 Å². The van der Waals surface area contributed by atoms with E-state index in [4.69, 9.17) is 44.7 Å². The number of carboxylic acids is 1. The van der Waals surface area contributed by atoms with Gasteiger partial charge < -0.3 is 114 Å². The third-order valence-corrected chi connectivity index (χ3v) is 18.1. The Morgan fingerprint density at radius 3 is 1.65 bits per heavy atom. The Balaban J connectivity index is 1.28. The summed E-state index contributed by atoms with van der Waals surface area (Å²) in [5, 5.41) is 44.4. The predicted octanol–water partition coefficient (Wildman–Crippen LogP) is -4.65. The first-order valence-corrected chi connectivity index (χ1v) is 37.7. The molecule has 41 heteroatoms. The molecule has 588 valence electrons. The van der Waals surface area contributed by atoms with Crippen LogP contribution in [0, 0.1) is 5.82 Å². The number of nitrogens with zero attached hydrogens (tertiary/aromatic N) is 2. The number of carbonyl (C=O) groups excluding carboxylic acids is 12. The van der Waals surface area contributed by atoms with Gasteiger partial charge >= 0.3 is 5.97 Å². The van der Waals surface area contributed by atoms with Crippen molar-refractivity contribution < 1.29 is 105 Å². The van der Waals surface area contributed by atoms with Crippen LogP contribution in [0.1, 0.15) is 56.6 Å². The summed E-state index contributed by atoms with van der Waals surface area (Å²) >= 11 is 0.920. The summed E-state index contributed by atoms with van der Waals surface area (Å²) in [6.45, 7) is 3.14. The van der Waals surface area contributed by atoms with Gasteiger partial charge in [-0.2, -0.15) is 0 Å². The number of rotatable bonds is 41. The second kappa shape index (κ2) is 53.7. The van der Waals surface area contributed by atoms with Gasteiger partial charge in [0.05, 0.1) is 91.0 Å². The number of fused-ring (bicyclic) bond motifs is 5. The number of nitrogens with two attached hydrogens (primary N) is 2. The number of thioether (sulfide) groups is 1. The maximum Gasteiger partial charge on any atom is 0.305 e. The summed E-state index contributed by atoms with van der Waals surface area (Å²) in [7, 11) is 1.83. The SMILES string of the molecule is CCNC(=O)[C@@H]1CSCC(=O)N[C@@H](CCCCNC(=O)COCC(=O)NCCOCCOCCOCCOCCOCCNC(=O)CON=Cc2ccc([18F])cc2)C(=O)N[C@H]2CSSC[C@H](NC(=O)[C@H](CC(=O)O)NC(=O)CNC(=O)[C@H](CCCN=C(N)N)NC2=O)C(=O)N[C@@H](Cc2ccccc2)C(=O)N1. The van der Waals surface area contributed by atoms with Crippen LogP contribution < -0.4 is 75.3 Å². The standard InChI is InChI=1S/C65H97FN16O21S3/c1-2-69-59(91)49-38-104-41-56(87)76-46(11-6-7-17-70-53(84)35-102-36-54(85)71-19-21-97-23-25-99-27-29-101-30-28-100-26-24-98-22-20-72-55(86)37-103-75-33-43-13-15-44(66)16-14-43)60(92)81-50-39-105-106-40-51(64(96)79-47(61(93)80-49)31-42-9-4-3-5-10-42)82-62(94)48(32-57(88)89)77-52(83)34-74-58(90)45(78-63(50)95)12-8-18-73-65(67)68/h3-5,9-10,13-16,33,45-51H,2,6-8,11-12,17-32,34-41H2,1H3,(H,69,91)(H,70,84)(H,71,85)(H,72,86)(H,74,90)(H,76,87)(H,77,83)(H,78,95)(H,79,96)(H,80,93)(H,81,92)(H,82,94)(H,88,89)(H4,67,68,73)/t45-,46-,47-,48-,49-,50-,51-/m0/s1/i66-1. The molecule has 106 heavy (non-hydrogen) atoms. The van der Waals surface area contributed by atoms with Crippen molar-refractivity contribution >= 4 is 122 Å². The molecule has 4 rings (SSSR count). The zero-order valence-electron chi connectivity index (χ0n) is 58.8. The Morgan fingerprint density at radius 2 is 1.08 bits per heavy atom. The third-order valence-electron chi connectivity index (χ3n) is 14.6. The molecule has 2 bridgehead atoms. The first-order valence-electron chi connectivity index (χ1n) is 34.1. The maximum atomic E-state index is 14.5. The average molecular weight is 1550 g/mol. The molecular formula is C65H97FN16O21S3. The predicted molar refractivity (Wildman–Crippen MR) is 387 cm³/mol. The minimum atomic E-state index is -1.81. The van der Waals surface area contributed by atoms with Gasteiger partial charge in [-0.25, -0.2) is 4.39 Å². The number of aliphatic carboxylic acids is 1. The van der Waals surface area contributed by atoms with Crippen molar-refractivity contribution in [2.45, 2.75) is 94.2 Å². The topological polar surface area (TPSA) is 528 Å². The minimum Gasteiger partial charge on any atom is -0.481 e. The molecule has 2 fully saturated rings. The van der Waals surface area contributed by atoms with E-state index in [9.17, 15) is 71.8 Å². The molecule has 2 heterocycles. The van der Waals surface area contributed by atoms with E-state index in [2.05, 4.69) is 73.9 Å². The van der Waals surface area contributed by atoms with Gasteiger partial charge in [0.1, 0.15) is 61.3 Å². The fourth-order valence-electron chi connectivity index (χ4n) is 9.31. The summed E-state index contributed by atoms with van der Waals surface area (Å²) in [4.78, 5) is 184. The lowest BCUT2D eigenvalue weighted by Crippen LogP contribution is -2.60. The van der Waals surface area contributed by atoms with Gasteiger partial charge in [-0.1, -0.05) is 69.2 Å². The summed E-state index contributed by atoms with van der Waals surface area (Å²) in [6, 6.07) is 3.71. The number of hydrogen-bond donors (Lipinski definition) is 15.